The molecule has 0 atom stereocenters. The molecule has 2 nitrogen and oxygen atoms in total. The zero-order valence-corrected chi connectivity index (χ0v) is 12.4. The largest absolute Gasteiger partial charge is 0.416 e. The normalized spacial score (nSPS) is 12.4. The summed E-state index contributed by atoms with van der Waals surface area (Å²) in [7, 11) is 0. The first-order valence-electron chi connectivity index (χ1n) is 7.05. The summed E-state index contributed by atoms with van der Waals surface area (Å²) < 4.78 is 78.5. The highest BCUT2D eigenvalue weighted by Crippen LogP contribution is 2.37. The second kappa shape index (κ2) is 5.94. The highest BCUT2D eigenvalue weighted by molar-refractivity contribution is 5.58. The summed E-state index contributed by atoms with van der Waals surface area (Å²) in [5.74, 6) is 0. The Hall–Kier alpha value is -2.77. The minimum atomic E-state index is -4.90. The summed E-state index contributed by atoms with van der Waals surface area (Å²) in [6.45, 7) is 0. The molecule has 0 bridgehead atoms. The number of nitrogens with zero attached hydrogens (tertiary/aromatic N) is 2. The summed E-state index contributed by atoms with van der Waals surface area (Å²) in [5, 5.41) is 4.08. The Morgan fingerprint density at radius 3 is 1.80 bits per heavy atom. The fourth-order valence-electron chi connectivity index (χ4n) is 2.30. The summed E-state index contributed by atoms with van der Waals surface area (Å²) >= 11 is 0. The van der Waals surface area contributed by atoms with Gasteiger partial charge >= 0.3 is 12.4 Å². The van der Waals surface area contributed by atoms with E-state index >= 15 is 0 Å². The molecule has 0 amide bonds. The van der Waals surface area contributed by atoms with Crippen molar-refractivity contribution >= 4 is 0 Å². The molecule has 0 radical (unpaired) electrons. The van der Waals surface area contributed by atoms with Crippen molar-refractivity contribution in [3.8, 4) is 16.9 Å². The zero-order valence-electron chi connectivity index (χ0n) is 12.4. The van der Waals surface area contributed by atoms with Crippen LogP contribution in [0.15, 0.2) is 60.8 Å². The quantitative estimate of drug-likeness (QED) is 0.549. The van der Waals surface area contributed by atoms with E-state index in [4.69, 9.17) is 0 Å². The maximum absolute atomic E-state index is 12.9. The number of alkyl halides is 6. The average Bonchev–Trinajstić information content (AvgIpc) is 3.04. The average molecular weight is 356 g/mol. The van der Waals surface area contributed by atoms with Crippen LogP contribution in [-0.2, 0) is 12.4 Å². The van der Waals surface area contributed by atoms with E-state index in [1.807, 2.05) is 0 Å². The molecule has 0 aliphatic heterocycles. The zero-order chi connectivity index (χ0) is 18.2. The van der Waals surface area contributed by atoms with Crippen molar-refractivity contribution in [3.63, 3.8) is 0 Å². The number of halogens is 6. The summed E-state index contributed by atoms with van der Waals surface area (Å²) in [5.41, 5.74) is -1.94. The van der Waals surface area contributed by atoms with E-state index in [0.29, 0.717) is 23.4 Å². The molecule has 0 spiro atoms. The van der Waals surface area contributed by atoms with Gasteiger partial charge in [0.2, 0.25) is 0 Å². The predicted molar refractivity (Wildman–Crippen MR) is 79.0 cm³/mol. The van der Waals surface area contributed by atoms with Crippen LogP contribution < -0.4 is 0 Å². The van der Waals surface area contributed by atoms with Gasteiger partial charge < -0.3 is 0 Å². The molecule has 1 heterocycles. The molecule has 0 unspecified atom stereocenters. The van der Waals surface area contributed by atoms with E-state index in [-0.39, 0.29) is 11.8 Å². The summed E-state index contributed by atoms with van der Waals surface area (Å²) in [6.07, 6.45) is -8.48. The Kier molecular flexibility index (Phi) is 4.06. The van der Waals surface area contributed by atoms with E-state index in [9.17, 15) is 26.3 Å². The highest BCUT2D eigenvalue weighted by atomic mass is 19.4. The molecule has 3 rings (SSSR count). The Balaban J connectivity index is 2.09. The van der Waals surface area contributed by atoms with Crippen molar-refractivity contribution in [1.82, 2.24) is 9.78 Å². The first-order valence-corrected chi connectivity index (χ1v) is 7.05. The van der Waals surface area contributed by atoms with Crippen molar-refractivity contribution in [2.75, 3.05) is 0 Å². The van der Waals surface area contributed by atoms with Gasteiger partial charge in [-0.25, -0.2) is 4.68 Å². The lowest BCUT2D eigenvalue weighted by atomic mass is 10.1. The van der Waals surface area contributed by atoms with Gasteiger partial charge in [0.25, 0.3) is 0 Å². The van der Waals surface area contributed by atoms with Gasteiger partial charge in [-0.1, -0.05) is 30.3 Å². The number of aromatic nitrogens is 2. The van der Waals surface area contributed by atoms with Gasteiger partial charge in [-0.05, 0) is 24.3 Å². The number of hydrogen-bond donors (Lipinski definition) is 0. The topological polar surface area (TPSA) is 17.8 Å². The van der Waals surface area contributed by atoms with E-state index in [0.717, 1.165) is 4.68 Å². The van der Waals surface area contributed by atoms with Gasteiger partial charge in [0.1, 0.15) is 0 Å². The molecule has 0 saturated carbocycles. The lowest BCUT2D eigenvalue weighted by Gasteiger charge is -2.14. The molecular formula is C17H10F6N2. The number of benzene rings is 2. The number of hydrogen-bond acceptors (Lipinski definition) is 1. The SMILES string of the molecule is FC(F)(F)c1cc(-n2ccc(-c3ccccc3)n2)cc(C(F)(F)F)c1. The first kappa shape index (κ1) is 17.1. The standard InChI is InChI=1S/C17H10F6N2/c18-16(19,20)12-8-13(17(21,22)23)10-14(9-12)25-7-6-15(24-25)11-4-2-1-3-5-11/h1-10H. The van der Waals surface area contributed by atoms with Crippen LogP contribution in [0, 0.1) is 0 Å². The maximum Gasteiger partial charge on any atom is 0.416 e. The van der Waals surface area contributed by atoms with Crippen LogP contribution in [0.5, 0.6) is 0 Å². The maximum atomic E-state index is 12.9. The van der Waals surface area contributed by atoms with Crippen LogP contribution in [-0.4, -0.2) is 9.78 Å². The minimum absolute atomic E-state index is 0.0884. The molecule has 0 saturated heterocycles. The minimum Gasteiger partial charge on any atom is -0.240 e. The van der Waals surface area contributed by atoms with Crippen molar-refractivity contribution < 1.29 is 26.3 Å². The third-order valence-electron chi connectivity index (χ3n) is 3.50. The Morgan fingerprint density at radius 2 is 1.28 bits per heavy atom. The second-order valence-electron chi connectivity index (χ2n) is 5.28. The van der Waals surface area contributed by atoms with Gasteiger partial charge in [0.15, 0.2) is 0 Å². The molecule has 3 aromatic rings. The summed E-state index contributed by atoms with van der Waals surface area (Å²) in [6, 6.07) is 11.6. The fraction of sp³-hybridized carbons (Fsp3) is 0.118. The van der Waals surface area contributed by atoms with Gasteiger partial charge in [-0.15, -0.1) is 0 Å². The molecule has 0 aliphatic rings. The molecule has 2 aromatic carbocycles. The van der Waals surface area contributed by atoms with Gasteiger partial charge in [0.05, 0.1) is 22.5 Å². The molecule has 0 aliphatic carbocycles. The van der Waals surface area contributed by atoms with Gasteiger partial charge in [-0.2, -0.15) is 31.4 Å². The third-order valence-corrected chi connectivity index (χ3v) is 3.50. The van der Waals surface area contributed by atoms with Crippen LogP contribution >= 0.6 is 0 Å². The smallest absolute Gasteiger partial charge is 0.240 e. The van der Waals surface area contributed by atoms with Crippen LogP contribution in [0.3, 0.4) is 0 Å². The molecule has 130 valence electrons. The molecule has 25 heavy (non-hydrogen) atoms. The van der Waals surface area contributed by atoms with Crippen molar-refractivity contribution in [3.05, 3.63) is 71.9 Å². The molecule has 1 aromatic heterocycles. The summed E-state index contributed by atoms with van der Waals surface area (Å²) in [4.78, 5) is 0. The predicted octanol–water partition coefficient (Wildman–Crippen LogP) is 5.58. The van der Waals surface area contributed by atoms with Crippen LogP contribution in [0.25, 0.3) is 16.9 Å². The van der Waals surface area contributed by atoms with E-state index in [2.05, 4.69) is 5.10 Å². The molecule has 0 fully saturated rings. The van der Waals surface area contributed by atoms with Crippen LogP contribution in [0.2, 0.25) is 0 Å². The number of rotatable bonds is 2. The van der Waals surface area contributed by atoms with E-state index < -0.39 is 23.5 Å². The first-order chi connectivity index (χ1) is 11.6. The molecule has 0 N–H and O–H groups in total. The Bertz CT molecular complexity index is 846. The highest BCUT2D eigenvalue weighted by Gasteiger charge is 2.37. The Morgan fingerprint density at radius 1 is 0.720 bits per heavy atom. The van der Waals surface area contributed by atoms with Crippen LogP contribution in [0.1, 0.15) is 11.1 Å². The van der Waals surface area contributed by atoms with Crippen molar-refractivity contribution in [2.45, 2.75) is 12.4 Å². The molecule has 8 heteroatoms. The van der Waals surface area contributed by atoms with E-state index in [1.165, 1.54) is 12.3 Å². The van der Waals surface area contributed by atoms with Gasteiger partial charge in [0, 0.05) is 11.8 Å². The van der Waals surface area contributed by atoms with Crippen LogP contribution in [0.4, 0.5) is 26.3 Å². The van der Waals surface area contributed by atoms with Gasteiger partial charge in [-0.3, -0.25) is 0 Å². The second-order valence-corrected chi connectivity index (χ2v) is 5.28. The molecular weight excluding hydrogens is 346 g/mol. The lowest BCUT2D eigenvalue weighted by molar-refractivity contribution is -0.143. The third kappa shape index (κ3) is 3.67. The monoisotopic (exact) mass is 356 g/mol. The van der Waals surface area contributed by atoms with E-state index in [1.54, 1.807) is 30.3 Å². The van der Waals surface area contributed by atoms with Crippen molar-refractivity contribution in [1.29, 1.82) is 0 Å². The lowest BCUT2D eigenvalue weighted by Crippen LogP contribution is -2.12. The fourth-order valence-corrected chi connectivity index (χ4v) is 2.30. The van der Waals surface area contributed by atoms with Crippen molar-refractivity contribution in [2.24, 2.45) is 0 Å². The Labute approximate surface area is 138 Å².